The molecular formula is C18H27BF4Ru+. The molecule has 0 bridgehead atoms. The van der Waals surface area contributed by atoms with E-state index in [1.807, 2.05) is 0 Å². The van der Waals surface area contributed by atoms with E-state index in [4.69, 9.17) is 0 Å². The van der Waals surface area contributed by atoms with Gasteiger partial charge in [-0.1, -0.05) is 47.5 Å². The van der Waals surface area contributed by atoms with Gasteiger partial charge in [0.25, 0.3) is 0 Å². The summed E-state index contributed by atoms with van der Waals surface area (Å²) < 4.78 is 39.0. The fourth-order valence-corrected chi connectivity index (χ4v) is 2.28. The van der Waals surface area contributed by atoms with Gasteiger partial charge < -0.3 is 17.3 Å². The third kappa shape index (κ3) is 12.7. The molecule has 2 aliphatic carbocycles. The first kappa shape index (κ1) is 26.6. The SMILES string of the molecule is C[C]1[C](C)[C](C)[C](C)[C]1C.F[B-](F)(F)F.[CH]1[CH][CH]CCCC[CH]1.[Ru+2]. The number of halogens is 4. The zero-order valence-electron chi connectivity index (χ0n) is 15.1. The van der Waals surface area contributed by atoms with E-state index in [1.165, 1.54) is 55.3 Å². The number of hydrogen-bond acceptors (Lipinski definition) is 0. The summed E-state index contributed by atoms with van der Waals surface area (Å²) in [6.45, 7) is 11.0. The maximum atomic E-state index is 9.75. The van der Waals surface area contributed by atoms with Gasteiger partial charge in [-0.05, 0) is 68.1 Å². The van der Waals surface area contributed by atoms with Gasteiger partial charge >= 0.3 is 26.7 Å². The fraction of sp³-hybridized carbons (Fsp3) is 0.500. The van der Waals surface area contributed by atoms with Crippen molar-refractivity contribution in [2.75, 3.05) is 0 Å². The van der Waals surface area contributed by atoms with Crippen LogP contribution in [0.1, 0.15) is 60.3 Å². The summed E-state index contributed by atoms with van der Waals surface area (Å²) in [5.74, 6) is 7.34. The van der Waals surface area contributed by atoms with Crippen LogP contribution in [0, 0.1) is 55.3 Å². The van der Waals surface area contributed by atoms with Crippen molar-refractivity contribution in [1.29, 1.82) is 0 Å². The third-order valence-corrected chi connectivity index (χ3v) is 4.19. The van der Waals surface area contributed by atoms with Crippen LogP contribution in [0.2, 0.25) is 0 Å². The fourth-order valence-electron chi connectivity index (χ4n) is 2.28. The first-order chi connectivity index (χ1) is 10.6. The van der Waals surface area contributed by atoms with Crippen molar-refractivity contribution in [3.8, 4) is 0 Å². The topological polar surface area (TPSA) is 0 Å². The van der Waals surface area contributed by atoms with Crippen LogP contribution in [-0.2, 0) is 19.5 Å². The van der Waals surface area contributed by atoms with E-state index in [9.17, 15) is 17.3 Å². The second-order valence-corrected chi connectivity index (χ2v) is 5.76. The Hall–Kier alpha value is 0.408. The molecule has 0 atom stereocenters. The minimum Gasteiger partial charge on any atom is -0.418 e. The maximum absolute atomic E-state index is 9.75. The van der Waals surface area contributed by atoms with E-state index in [1.54, 1.807) is 0 Å². The molecule has 0 N–H and O–H groups in total. The molecule has 0 aromatic carbocycles. The molecule has 2 rings (SSSR count). The van der Waals surface area contributed by atoms with E-state index < -0.39 is 7.25 Å². The molecule has 0 unspecified atom stereocenters. The standard InChI is InChI=1S/C10H15.C8H12.BF4.Ru/c1-6-7(2)9(4)10(5)8(6)3;1-2-4-6-8-7-5-3-1;2-1(3,4)5;/h1-5H3;1-4H,5-8H2;;/q;;-1;+2. The molecular weight excluding hydrogens is 404 g/mol. The Morgan fingerprint density at radius 1 is 0.625 bits per heavy atom. The molecule has 0 heterocycles. The molecule has 6 heteroatoms. The van der Waals surface area contributed by atoms with Crippen LogP contribution < -0.4 is 0 Å². The second kappa shape index (κ2) is 13.6. The normalized spacial score (nSPS) is 22.4. The summed E-state index contributed by atoms with van der Waals surface area (Å²) in [6, 6.07) is 0. The van der Waals surface area contributed by atoms with Crippen LogP contribution in [0.3, 0.4) is 0 Å². The Balaban J connectivity index is 0. The Bertz CT molecular complexity index is 224. The molecule has 0 aliphatic heterocycles. The molecule has 9 radical (unpaired) electrons. The largest absolute Gasteiger partial charge is 2.00 e. The van der Waals surface area contributed by atoms with Gasteiger partial charge in [-0.2, -0.15) is 0 Å². The molecule has 0 amide bonds. The molecule has 137 valence electrons. The quantitative estimate of drug-likeness (QED) is 0.298. The Morgan fingerprint density at radius 2 is 0.833 bits per heavy atom. The minimum absolute atomic E-state index is 0. The smallest absolute Gasteiger partial charge is 0.418 e. The van der Waals surface area contributed by atoms with E-state index in [0.717, 1.165) is 0 Å². The van der Waals surface area contributed by atoms with Gasteiger partial charge in [-0.25, -0.2) is 0 Å². The number of rotatable bonds is 0. The molecule has 2 saturated carbocycles. The van der Waals surface area contributed by atoms with Gasteiger partial charge in [0.1, 0.15) is 0 Å². The van der Waals surface area contributed by atoms with Crippen molar-refractivity contribution in [2.45, 2.75) is 60.3 Å². The zero-order valence-corrected chi connectivity index (χ0v) is 16.8. The van der Waals surface area contributed by atoms with Crippen LogP contribution in [0.15, 0.2) is 0 Å². The summed E-state index contributed by atoms with van der Waals surface area (Å²) in [6.07, 6.45) is 14.0. The average molecular weight is 431 g/mol. The molecule has 24 heavy (non-hydrogen) atoms. The van der Waals surface area contributed by atoms with E-state index in [-0.39, 0.29) is 19.5 Å². The summed E-state index contributed by atoms with van der Waals surface area (Å²) in [7, 11) is -6.00. The van der Waals surface area contributed by atoms with Gasteiger partial charge in [0.2, 0.25) is 0 Å². The van der Waals surface area contributed by atoms with Gasteiger partial charge in [0.15, 0.2) is 0 Å². The summed E-state index contributed by atoms with van der Waals surface area (Å²) in [4.78, 5) is 0. The molecule has 0 nitrogen and oxygen atoms in total. The van der Waals surface area contributed by atoms with Crippen molar-refractivity contribution in [3.63, 3.8) is 0 Å². The summed E-state index contributed by atoms with van der Waals surface area (Å²) in [5.41, 5.74) is 0. The molecule has 2 aliphatic rings. The van der Waals surface area contributed by atoms with Crippen LogP contribution in [0.25, 0.3) is 0 Å². The van der Waals surface area contributed by atoms with E-state index in [2.05, 4.69) is 60.3 Å². The molecule has 2 fully saturated rings. The third-order valence-electron chi connectivity index (χ3n) is 4.19. The summed E-state index contributed by atoms with van der Waals surface area (Å²) >= 11 is 0. The molecule has 0 aromatic heterocycles. The van der Waals surface area contributed by atoms with Crippen LogP contribution in [0.4, 0.5) is 17.3 Å². The van der Waals surface area contributed by atoms with Crippen LogP contribution in [-0.4, -0.2) is 7.25 Å². The van der Waals surface area contributed by atoms with Crippen molar-refractivity contribution in [3.05, 3.63) is 55.3 Å². The predicted octanol–water partition coefficient (Wildman–Crippen LogP) is 6.65. The maximum Gasteiger partial charge on any atom is 2.00 e. The molecule has 0 spiro atoms. The van der Waals surface area contributed by atoms with Gasteiger partial charge in [-0.3, -0.25) is 0 Å². The Labute approximate surface area is 159 Å². The average Bonchev–Trinajstić information content (AvgIpc) is 2.55. The van der Waals surface area contributed by atoms with Crippen molar-refractivity contribution in [2.24, 2.45) is 0 Å². The van der Waals surface area contributed by atoms with Gasteiger partial charge in [0, 0.05) is 0 Å². The van der Waals surface area contributed by atoms with Crippen molar-refractivity contribution in [1.82, 2.24) is 0 Å². The molecule has 0 saturated heterocycles. The van der Waals surface area contributed by atoms with Crippen LogP contribution in [0.5, 0.6) is 0 Å². The second-order valence-electron chi connectivity index (χ2n) is 5.76. The monoisotopic (exact) mass is 432 g/mol. The minimum atomic E-state index is -6.00. The summed E-state index contributed by atoms with van der Waals surface area (Å²) in [5, 5.41) is 0. The van der Waals surface area contributed by atoms with Crippen molar-refractivity contribution < 1.29 is 36.7 Å². The predicted molar refractivity (Wildman–Crippen MR) is 90.4 cm³/mol. The first-order valence-corrected chi connectivity index (χ1v) is 7.94. The van der Waals surface area contributed by atoms with E-state index in [0.29, 0.717) is 0 Å². The first-order valence-electron chi connectivity index (χ1n) is 7.94. The van der Waals surface area contributed by atoms with Crippen LogP contribution >= 0.6 is 0 Å². The number of hydrogen-bond donors (Lipinski definition) is 0. The Morgan fingerprint density at radius 3 is 1.04 bits per heavy atom. The Kier molecular flexibility index (Phi) is 15.1. The van der Waals surface area contributed by atoms with Gasteiger partial charge in [0.05, 0.1) is 0 Å². The van der Waals surface area contributed by atoms with Crippen molar-refractivity contribution >= 4 is 7.25 Å². The zero-order chi connectivity index (χ0) is 18.0. The molecule has 0 aromatic rings. The van der Waals surface area contributed by atoms with E-state index >= 15 is 0 Å². The van der Waals surface area contributed by atoms with Gasteiger partial charge in [-0.15, -0.1) is 0 Å².